The van der Waals surface area contributed by atoms with Crippen LogP contribution >= 0.6 is 0 Å². The van der Waals surface area contributed by atoms with Gasteiger partial charge in [0, 0.05) is 19.8 Å². The number of nitrogens with two attached hydrogens (primary N) is 1. The Bertz CT molecular complexity index is 213. The molecule has 1 amide bonds. The second kappa shape index (κ2) is 6.86. The fourth-order valence-corrected chi connectivity index (χ4v) is 2.09. The van der Waals surface area contributed by atoms with Gasteiger partial charge in [-0.3, -0.25) is 4.79 Å². The predicted molar refractivity (Wildman–Crippen MR) is 64.0 cm³/mol. The molecule has 0 aromatic carbocycles. The lowest BCUT2D eigenvalue weighted by Crippen LogP contribution is -2.46. The summed E-state index contributed by atoms with van der Waals surface area (Å²) in [7, 11) is 1.62. The van der Waals surface area contributed by atoms with Crippen LogP contribution in [0.2, 0.25) is 0 Å². The molecule has 1 saturated carbocycles. The summed E-state index contributed by atoms with van der Waals surface area (Å²) in [5.41, 5.74) is 5.76. The van der Waals surface area contributed by atoms with Crippen LogP contribution in [0.1, 0.15) is 39.0 Å². The summed E-state index contributed by atoms with van der Waals surface area (Å²) in [6.07, 6.45) is 5.18. The molecule has 1 rings (SSSR count). The molecule has 0 radical (unpaired) electrons. The van der Waals surface area contributed by atoms with E-state index >= 15 is 0 Å². The first-order valence-electron chi connectivity index (χ1n) is 6.18. The molecule has 0 aliphatic heterocycles. The van der Waals surface area contributed by atoms with Crippen molar-refractivity contribution in [1.29, 1.82) is 0 Å². The Labute approximate surface area is 97.9 Å². The van der Waals surface area contributed by atoms with Gasteiger partial charge in [-0.05, 0) is 38.0 Å². The topological polar surface area (TPSA) is 64.3 Å². The Morgan fingerprint density at radius 3 is 2.62 bits per heavy atom. The van der Waals surface area contributed by atoms with Gasteiger partial charge in [0.25, 0.3) is 0 Å². The molecule has 0 aromatic heterocycles. The molecule has 16 heavy (non-hydrogen) atoms. The van der Waals surface area contributed by atoms with Crippen LogP contribution in [0.4, 0.5) is 0 Å². The molecule has 0 heterocycles. The molecule has 1 aliphatic rings. The van der Waals surface area contributed by atoms with Gasteiger partial charge in [0.15, 0.2) is 0 Å². The number of carbonyl (C=O) groups is 1. The summed E-state index contributed by atoms with van der Waals surface area (Å²) >= 11 is 0. The number of rotatable bonds is 5. The maximum absolute atomic E-state index is 11.7. The second-order valence-electron chi connectivity index (χ2n) is 4.85. The summed E-state index contributed by atoms with van der Waals surface area (Å²) < 4.78 is 4.91. The van der Waals surface area contributed by atoms with E-state index in [-0.39, 0.29) is 5.91 Å². The maximum Gasteiger partial charge on any atom is 0.237 e. The highest BCUT2D eigenvalue weighted by Gasteiger charge is 2.22. The number of carbonyl (C=O) groups excluding carboxylic acids is 1. The maximum atomic E-state index is 11.7. The predicted octanol–water partition coefficient (Wildman–Crippen LogP) is 1.05. The summed E-state index contributed by atoms with van der Waals surface area (Å²) in [5, 5.41) is 3.03. The average Bonchev–Trinajstić information content (AvgIpc) is 2.29. The van der Waals surface area contributed by atoms with E-state index in [4.69, 9.17) is 10.5 Å². The van der Waals surface area contributed by atoms with E-state index in [1.54, 1.807) is 7.11 Å². The Kier molecular flexibility index (Phi) is 5.77. The van der Waals surface area contributed by atoms with Crippen LogP contribution in [-0.4, -0.2) is 31.7 Å². The molecule has 4 heteroatoms. The van der Waals surface area contributed by atoms with E-state index < -0.39 is 6.04 Å². The van der Waals surface area contributed by atoms with Gasteiger partial charge in [-0.15, -0.1) is 0 Å². The summed E-state index contributed by atoms with van der Waals surface area (Å²) in [6, 6.07) is -0.100. The first-order chi connectivity index (χ1) is 7.63. The van der Waals surface area contributed by atoms with Crippen molar-refractivity contribution < 1.29 is 9.53 Å². The van der Waals surface area contributed by atoms with Gasteiger partial charge in [-0.2, -0.15) is 0 Å². The first kappa shape index (κ1) is 13.5. The molecule has 0 aromatic rings. The lowest BCUT2D eigenvalue weighted by atomic mass is 9.87. The molecule has 1 unspecified atom stereocenters. The van der Waals surface area contributed by atoms with Gasteiger partial charge >= 0.3 is 0 Å². The highest BCUT2D eigenvalue weighted by atomic mass is 16.5. The van der Waals surface area contributed by atoms with Gasteiger partial charge in [0.1, 0.15) is 0 Å². The molecule has 0 bridgehead atoms. The zero-order chi connectivity index (χ0) is 12.0. The van der Waals surface area contributed by atoms with E-state index in [1.807, 2.05) is 0 Å². The zero-order valence-electron chi connectivity index (χ0n) is 10.4. The molecule has 0 saturated heterocycles. The van der Waals surface area contributed by atoms with E-state index in [2.05, 4.69) is 12.2 Å². The minimum Gasteiger partial charge on any atom is -0.385 e. The standard InChI is InChI=1S/C12H24N2O2/c1-9-3-5-10(6-4-9)14-12(15)11(13)7-8-16-2/h9-11H,3-8,13H2,1-2H3,(H,14,15). The van der Waals surface area contributed by atoms with Crippen LogP contribution in [0.3, 0.4) is 0 Å². The Morgan fingerprint density at radius 1 is 1.44 bits per heavy atom. The van der Waals surface area contributed by atoms with Crippen molar-refractivity contribution in [2.24, 2.45) is 11.7 Å². The average molecular weight is 228 g/mol. The lowest BCUT2D eigenvalue weighted by Gasteiger charge is -2.27. The quantitative estimate of drug-likeness (QED) is 0.739. The van der Waals surface area contributed by atoms with Gasteiger partial charge in [0.05, 0.1) is 6.04 Å². The van der Waals surface area contributed by atoms with Crippen LogP contribution in [0, 0.1) is 5.92 Å². The summed E-state index contributed by atoms with van der Waals surface area (Å²) in [5.74, 6) is 0.770. The van der Waals surface area contributed by atoms with Crippen molar-refractivity contribution in [3.63, 3.8) is 0 Å². The van der Waals surface area contributed by atoms with Gasteiger partial charge < -0.3 is 15.8 Å². The molecule has 3 N–H and O–H groups in total. The monoisotopic (exact) mass is 228 g/mol. The fourth-order valence-electron chi connectivity index (χ4n) is 2.09. The molecule has 94 valence electrons. The first-order valence-corrected chi connectivity index (χ1v) is 6.18. The normalized spacial score (nSPS) is 27.4. The van der Waals surface area contributed by atoms with E-state index in [0.29, 0.717) is 19.1 Å². The van der Waals surface area contributed by atoms with Crippen LogP contribution in [-0.2, 0) is 9.53 Å². The van der Waals surface area contributed by atoms with Gasteiger partial charge in [-0.25, -0.2) is 0 Å². The van der Waals surface area contributed by atoms with Crippen LogP contribution in [0.15, 0.2) is 0 Å². The Morgan fingerprint density at radius 2 is 2.06 bits per heavy atom. The highest BCUT2D eigenvalue weighted by molar-refractivity contribution is 5.81. The lowest BCUT2D eigenvalue weighted by molar-refractivity contribution is -0.123. The van der Waals surface area contributed by atoms with E-state index in [1.165, 1.54) is 12.8 Å². The second-order valence-corrected chi connectivity index (χ2v) is 4.85. The summed E-state index contributed by atoms with van der Waals surface area (Å²) in [4.78, 5) is 11.7. The minimum atomic E-state index is -0.431. The smallest absolute Gasteiger partial charge is 0.237 e. The van der Waals surface area contributed by atoms with Crippen LogP contribution < -0.4 is 11.1 Å². The Balaban J connectivity index is 2.22. The fraction of sp³-hybridized carbons (Fsp3) is 0.917. The van der Waals surface area contributed by atoms with Crippen molar-refractivity contribution in [3.8, 4) is 0 Å². The van der Waals surface area contributed by atoms with Crippen molar-refractivity contribution in [2.75, 3.05) is 13.7 Å². The number of hydrogen-bond donors (Lipinski definition) is 2. The summed E-state index contributed by atoms with van der Waals surface area (Å²) in [6.45, 7) is 2.80. The number of methoxy groups -OCH3 is 1. The van der Waals surface area contributed by atoms with E-state index in [0.717, 1.165) is 18.8 Å². The van der Waals surface area contributed by atoms with Crippen LogP contribution in [0.25, 0.3) is 0 Å². The van der Waals surface area contributed by atoms with Gasteiger partial charge in [-0.1, -0.05) is 6.92 Å². The molecule has 1 fully saturated rings. The largest absolute Gasteiger partial charge is 0.385 e. The van der Waals surface area contributed by atoms with Crippen molar-refractivity contribution in [2.45, 2.75) is 51.1 Å². The Hall–Kier alpha value is -0.610. The van der Waals surface area contributed by atoms with Gasteiger partial charge in [0.2, 0.25) is 5.91 Å². The molecule has 4 nitrogen and oxygen atoms in total. The zero-order valence-corrected chi connectivity index (χ0v) is 10.4. The third kappa shape index (κ3) is 4.49. The number of ether oxygens (including phenoxy) is 1. The number of amides is 1. The minimum absolute atomic E-state index is 0.0309. The molecule has 1 aliphatic carbocycles. The molecular formula is C12H24N2O2. The number of nitrogens with one attached hydrogen (secondary N) is 1. The van der Waals surface area contributed by atoms with Crippen molar-refractivity contribution in [3.05, 3.63) is 0 Å². The molecular weight excluding hydrogens is 204 g/mol. The highest BCUT2D eigenvalue weighted by Crippen LogP contribution is 2.23. The van der Waals surface area contributed by atoms with Crippen molar-refractivity contribution >= 4 is 5.91 Å². The molecule has 0 spiro atoms. The third-order valence-corrected chi connectivity index (χ3v) is 3.33. The van der Waals surface area contributed by atoms with E-state index in [9.17, 15) is 4.79 Å². The molecule has 1 atom stereocenters. The SMILES string of the molecule is COCCC(N)C(=O)NC1CCC(C)CC1. The number of hydrogen-bond acceptors (Lipinski definition) is 3. The van der Waals surface area contributed by atoms with Crippen molar-refractivity contribution in [1.82, 2.24) is 5.32 Å². The van der Waals surface area contributed by atoms with Crippen LogP contribution in [0.5, 0.6) is 0 Å². The third-order valence-electron chi connectivity index (χ3n) is 3.33.